The van der Waals surface area contributed by atoms with Gasteiger partial charge in [0.2, 0.25) is 0 Å². The molecule has 1 fully saturated rings. The second kappa shape index (κ2) is 8.33. The summed E-state index contributed by atoms with van der Waals surface area (Å²) in [5, 5.41) is 18.7. The first-order chi connectivity index (χ1) is 16.4. The molecule has 3 aromatic rings. The molecule has 2 amide bonds. The van der Waals surface area contributed by atoms with Crippen LogP contribution in [0.3, 0.4) is 0 Å². The molecule has 174 valence electrons. The van der Waals surface area contributed by atoms with Gasteiger partial charge in [-0.1, -0.05) is 48.5 Å². The van der Waals surface area contributed by atoms with Gasteiger partial charge in [-0.2, -0.15) is 5.10 Å². The van der Waals surface area contributed by atoms with Crippen molar-refractivity contribution in [1.82, 2.24) is 15.1 Å². The highest BCUT2D eigenvalue weighted by Gasteiger charge is 2.46. The SMILES string of the molecule is Cn1nc(NC(=O)OCC2c3ccccc3-c3ccccc32)cc1C(=O)NC1(C(=O)O)CCC1. The summed E-state index contributed by atoms with van der Waals surface area (Å²) in [4.78, 5) is 36.7. The monoisotopic (exact) mass is 460 g/mol. The van der Waals surface area contributed by atoms with E-state index in [0.717, 1.165) is 28.7 Å². The lowest BCUT2D eigenvalue weighted by Crippen LogP contribution is -2.59. The molecule has 2 aliphatic carbocycles. The van der Waals surface area contributed by atoms with E-state index >= 15 is 0 Å². The number of fused-ring (bicyclic) bond motifs is 3. The molecule has 0 atom stereocenters. The van der Waals surface area contributed by atoms with E-state index in [1.54, 1.807) is 7.05 Å². The highest BCUT2D eigenvalue weighted by molar-refractivity contribution is 5.98. The number of carboxylic acids is 1. The molecule has 9 nitrogen and oxygen atoms in total. The number of carbonyl (C=O) groups is 3. The number of ether oxygens (including phenoxy) is 1. The number of carboxylic acid groups (broad SMARTS) is 1. The topological polar surface area (TPSA) is 123 Å². The molecule has 3 N–H and O–H groups in total. The molecule has 0 saturated heterocycles. The van der Waals surface area contributed by atoms with Gasteiger partial charge in [0.15, 0.2) is 5.82 Å². The summed E-state index contributed by atoms with van der Waals surface area (Å²) in [6.45, 7) is 0.154. The van der Waals surface area contributed by atoms with Gasteiger partial charge in [0.05, 0.1) is 0 Å². The Bertz CT molecular complexity index is 1250. The quantitative estimate of drug-likeness (QED) is 0.517. The first-order valence-corrected chi connectivity index (χ1v) is 11.1. The largest absolute Gasteiger partial charge is 0.480 e. The minimum absolute atomic E-state index is 0.0714. The lowest BCUT2D eigenvalue weighted by Gasteiger charge is -2.38. The summed E-state index contributed by atoms with van der Waals surface area (Å²) in [5.41, 5.74) is 3.40. The second-order valence-electron chi connectivity index (χ2n) is 8.68. The molecule has 0 bridgehead atoms. The number of hydrogen-bond acceptors (Lipinski definition) is 5. The Morgan fingerprint density at radius 2 is 1.71 bits per heavy atom. The maximum Gasteiger partial charge on any atom is 0.412 e. The van der Waals surface area contributed by atoms with Crippen molar-refractivity contribution in [3.05, 3.63) is 71.4 Å². The number of amides is 2. The maximum atomic E-state index is 12.6. The average molecular weight is 460 g/mol. The van der Waals surface area contributed by atoms with Crippen molar-refractivity contribution in [2.75, 3.05) is 11.9 Å². The summed E-state index contributed by atoms with van der Waals surface area (Å²) in [6, 6.07) is 17.5. The fourth-order valence-electron chi connectivity index (χ4n) is 4.68. The normalized spacial score (nSPS) is 15.6. The van der Waals surface area contributed by atoms with Gasteiger partial charge in [-0.3, -0.25) is 14.8 Å². The van der Waals surface area contributed by atoms with Crippen molar-refractivity contribution in [3.63, 3.8) is 0 Å². The molecule has 1 heterocycles. The number of anilines is 1. The molecular formula is C25H24N4O5. The zero-order valence-corrected chi connectivity index (χ0v) is 18.6. The number of rotatable bonds is 6. The second-order valence-corrected chi connectivity index (χ2v) is 8.68. The number of carbonyl (C=O) groups excluding carboxylic acids is 2. The van der Waals surface area contributed by atoms with Gasteiger partial charge >= 0.3 is 12.1 Å². The third kappa shape index (κ3) is 3.68. The molecule has 5 rings (SSSR count). The van der Waals surface area contributed by atoms with Gasteiger partial charge < -0.3 is 15.2 Å². The Morgan fingerprint density at radius 1 is 1.09 bits per heavy atom. The number of hydrogen-bond donors (Lipinski definition) is 3. The standard InChI is InChI=1S/C25H24N4O5/c1-29-20(22(30)27-25(23(31)32)11-6-12-25)13-21(28-29)26-24(33)34-14-19-17-9-4-2-7-15(17)16-8-3-5-10-18(16)19/h2-5,7-10,13,19H,6,11-12,14H2,1H3,(H,27,30)(H,31,32)(H,26,28,33). The van der Waals surface area contributed by atoms with Crippen molar-refractivity contribution in [2.45, 2.75) is 30.7 Å². The van der Waals surface area contributed by atoms with Crippen molar-refractivity contribution >= 4 is 23.8 Å². The Labute approximate surface area is 195 Å². The van der Waals surface area contributed by atoms with Gasteiger partial charge in [-0.25, -0.2) is 9.59 Å². The highest BCUT2D eigenvalue weighted by atomic mass is 16.5. The molecular weight excluding hydrogens is 436 g/mol. The van der Waals surface area contributed by atoms with Crippen LogP contribution in [0.1, 0.15) is 46.8 Å². The number of nitrogens with zero attached hydrogens (tertiary/aromatic N) is 2. The average Bonchev–Trinajstić information content (AvgIpc) is 3.32. The number of aliphatic carboxylic acids is 1. The van der Waals surface area contributed by atoms with E-state index in [2.05, 4.69) is 27.9 Å². The van der Waals surface area contributed by atoms with Gasteiger partial charge in [0.25, 0.3) is 5.91 Å². The molecule has 0 unspecified atom stereocenters. The van der Waals surface area contributed by atoms with Gasteiger partial charge in [-0.15, -0.1) is 0 Å². The maximum absolute atomic E-state index is 12.6. The molecule has 1 aromatic heterocycles. The summed E-state index contributed by atoms with van der Waals surface area (Å²) in [7, 11) is 1.55. The number of aryl methyl sites for hydroxylation is 1. The third-order valence-electron chi connectivity index (χ3n) is 6.66. The van der Waals surface area contributed by atoms with Crippen LogP contribution in [0.15, 0.2) is 54.6 Å². The van der Waals surface area contributed by atoms with Gasteiger partial charge in [0, 0.05) is 19.0 Å². The fourth-order valence-corrected chi connectivity index (χ4v) is 4.68. The highest BCUT2D eigenvalue weighted by Crippen LogP contribution is 2.44. The minimum Gasteiger partial charge on any atom is -0.480 e. The van der Waals surface area contributed by atoms with Crippen molar-refractivity contribution in [2.24, 2.45) is 7.05 Å². The van der Waals surface area contributed by atoms with Crippen LogP contribution in [0.2, 0.25) is 0 Å². The molecule has 2 aliphatic rings. The summed E-state index contributed by atoms with van der Waals surface area (Å²) in [5.74, 6) is -1.54. The lowest BCUT2D eigenvalue weighted by atomic mass is 9.76. The number of benzene rings is 2. The van der Waals surface area contributed by atoms with E-state index in [1.165, 1.54) is 10.7 Å². The Kier molecular flexibility index (Phi) is 5.31. The summed E-state index contributed by atoms with van der Waals surface area (Å²) in [6.07, 6.45) is 0.827. The molecule has 1 saturated carbocycles. The van der Waals surface area contributed by atoms with Crippen LogP contribution >= 0.6 is 0 Å². The molecule has 2 aromatic carbocycles. The van der Waals surface area contributed by atoms with E-state index in [9.17, 15) is 19.5 Å². The van der Waals surface area contributed by atoms with E-state index < -0.39 is 23.5 Å². The van der Waals surface area contributed by atoms with Crippen LogP contribution in [-0.4, -0.2) is 45.0 Å². The van der Waals surface area contributed by atoms with E-state index in [1.807, 2.05) is 36.4 Å². The molecule has 9 heteroatoms. The zero-order chi connectivity index (χ0) is 23.9. The summed E-state index contributed by atoms with van der Waals surface area (Å²) < 4.78 is 6.81. The zero-order valence-electron chi connectivity index (χ0n) is 18.6. The van der Waals surface area contributed by atoms with Crippen LogP contribution < -0.4 is 10.6 Å². The van der Waals surface area contributed by atoms with Crippen LogP contribution in [0.5, 0.6) is 0 Å². The Morgan fingerprint density at radius 3 is 2.26 bits per heavy atom. The van der Waals surface area contributed by atoms with Crippen molar-refractivity contribution in [1.29, 1.82) is 0 Å². The number of nitrogens with one attached hydrogen (secondary N) is 2. The fraction of sp³-hybridized carbons (Fsp3) is 0.280. The molecule has 0 spiro atoms. The molecule has 0 radical (unpaired) electrons. The first kappa shape index (κ1) is 21.7. The first-order valence-electron chi connectivity index (χ1n) is 11.1. The van der Waals surface area contributed by atoms with Gasteiger partial charge in [0.1, 0.15) is 17.8 Å². The predicted molar refractivity (Wildman–Crippen MR) is 124 cm³/mol. The van der Waals surface area contributed by atoms with Crippen LogP contribution in [0, 0.1) is 0 Å². The molecule has 34 heavy (non-hydrogen) atoms. The van der Waals surface area contributed by atoms with Crippen LogP contribution in [0.4, 0.5) is 10.6 Å². The van der Waals surface area contributed by atoms with E-state index in [0.29, 0.717) is 12.8 Å². The van der Waals surface area contributed by atoms with Crippen molar-refractivity contribution in [3.8, 4) is 11.1 Å². The lowest BCUT2D eigenvalue weighted by molar-refractivity contribution is -0.148. The van der Waals surface area contributed by atoms with Gasteiger partial charge in [-0.05, 0) is 41.5 Å². The van der Waals surface area contributed by atoms with E-state index in [-0.39, 0.29) is 24.0 Å². The minimum atomic E-state index is -1.23. The Hall–Kier alpha value is -4.14. The van der Waals surface area contributed by atoms with Crippen molar-refractivity contribution < 1.29 is 24.2 Å². The van der Waals surface area contributed by atoms with E-state index in [4.69, 9.17) is 4.74 Å². The molecule has 0 aliphatic heterocycles. The van der Waals surface area contributed by atoms with Crippen LogP contribution in [0.25, 0.3) is 11.1 Å². The smallest absolute Gasteiger partial charge is 0.412 e. The Balaban J connectivity index is 1.24. The number of aromatic nitrogens is 2. The summed E-state index contributed by atoms with van der Waals surface area (Å²) >= 11 is 0. The predicted octanol–water partition coefficient (Wildman–Crippen LogP) is 3.52. The van der Waals surface area contributed by atoms with Crippen LogP contribution in [-0.2, 0) is 16.6 Å². The third-order valence-corrected chi connectivity index (χ3v) is 6.66.